The van der Waals surface area contributed by atoms with E-state index in [1.165, 1.54) is 61.2 Å². The minimum atomic E-state index is -0.581. The average molecular weight is 816 g/mol. The zero-order valence-electron chi connectivity index (χ0n) is 35.0. The number of anilines is 3. The van der Waals surface area contributed by atoms with Crippen LogP contribution in [0.25, 0.3) is 44.2 Å². The number of furan rings is 1. The van der Waals surface area contributed by atoms with E-state index in [0.29, 0.717) is 0 Å². The van der Waals surface area contributed by atoms with Crippen molar-refractivity contribution in [3.05, 3.63) is 293 Å². The molecule has 13 rings (SSSR count). The summed E-state index contributed by atoms with van der Waals surface area (Å²) in [5, 5.41) is 2.19. The van der Waals surface area contributed by atoms with Crippen molar-refractivity contribution < 1.29 is 4.42 Å². The fourth-order valence-corrected chi connectivity index (χ4v) is 11.6. The number of benzene rings is 10. The van der Waals surface area contributed by atoms with Crippen LogP contribution in [0, 0.1) is 0 Å². The van der Waals surface area contributed by atoms with Gasteiger partial charge in [0, 0.05) is 39.3 Å². The molecule has 2 aliphatic carbocycles. The molecule has 0 saturated heterocycles. The molecule has 0 bridgehead atoms. The van der Waals surface area contributed by atoms with Crippen molar-refractivity contribution in [1.82, 2.24) is 0 Å². The van der Waals surface area contributed by atoms with Gasteiger partial charge < -0.3 is 9.32 Å². The third-order valence-corrected chi connectivity index (χ3v) is 14.0. The predicted octanol–water partition coefficient (Wildman–Crippen LogP) is 15.8. The Morgan fingerprint density at radius 1 is 0.312 bits per heavy atom. The Hall–Kier alpha value is -8.20. The van der Waals surface area contributed by atoms with E-state index in [4.69, 9.17) is 4.42 Å². The van der Waals surface area contributed by atoms with Crippen molar-refractivity contribution in [2.75, 3.05) is 4.90 Å². The zero-order valence-corrected chi connectivity index (χ0v) is 35.0. The SMILES string of the molecule is c1ccc(N(c2ccc3c(c2)oc2c(C4(c5ccccc5)c5ccccc5-c5ccccc54)cccc23)c2cccc3c2-c2ccccc2C3(c2ccccc2)c2ccccc2)cc1. The van der Waals surface area contributed by atoms with Gasteiger partial charge in [-0.1, -0.05) is 212 Å². The summed E-state index contributed by atoms with van der Waals surface area (Å²) in [6.07, 6.45) is 0. The molecule has 2 nitrogen and oxygen atoms in total. The molecular weight excluding hydrogens is 775 g/mol. The summed E-state index contributed by atoms with van der Waals surface area (Å²) in [6.45, 7) is 0. The van der Waals surface area contributed by atoms with Gasteiger partial charge in [0.25, 0.3) is 0 Å². The van der Waals surface area contributed by atoms with Gasteiger partial charge in [-0.25, -0.2) is 0 Å². The smallest absolute Gasteiger partial charge is 0.140 e. The number of para-hydroxylation sites is 2. The Morgan fingerprint density at radius 2 is 0.781 bits per heavy atom. The van der Waals surface area contributed by atoms with E-state index < -0.39 is 10.8 Å². The average Bonchev–Trinajstić information content (AvgIpc) is 4.01. The van der Waals surface area contributed by atoms with E-state index in [2.05, 4.69) is 254 Å². The number of fused-ring (bicyclic) bond motifs is 9. The highest BCUT2D eigenvalue weighted by molar-refractivity contribution is 6.09. The second-order valence-corrected chi connectivity index (χ2v) is 17.1. The summed E-state index contributed by atoms with van der Waals surface area (Å²) < 4.78 is 7.31. The van der Waals surface area contributed by atoms with Crippen LogP contribution in [-0.2, 0) is 10.8 Å². The van der Waals surface area contributed by atoms with Gasteiger partial charge in [-0.15, -0.1) is 0 Å². The van der Waals surface area contributed by atoms with Crippen LogP contribution in [0.4, 0.5) is 17.1 Å². The van der Waals surface area contributed by atoms with Crippen molar-refractivity contribution >= 4 is 39.0 Å². The van der Waals surface area contributed by atoms with Crippen LogP contribution >= 0.6 is 0 Å². The Labute approximate surface area is 373 Å². The zero-order chi connectivity index (χ0) is 42.2. The first kappa shape index (κ1) is 36.5. The molecule has 2 heteroatoms. The molecule has 0 unspecified atom stereocenters. The molecular formula is C62H41NO. The molecule has 10 aromatic carbocycles. The Bertz CT molecular complexity index is 3470. The van der Waals surface area contributed by atoms with E-state index in [9.17, 15) is 0 Å². The number of hydrogen-bond acceptors (Lipinski definition) is 2. The largest absolute Gasteiger partial charge is 0.456 e. The summed E-state index contributed by atoms with van der Waals surface area (Å²) >= 11 is 0. The lowest BCUT2D eigenvalue weighted by Gasteiger charge is -2.34. The maximum Gasteiger partial charge on any atom is 0.140 e. The molecule has 0 aliphatic heterocycles. The van der Waals surface area contributed by atoms with Gasteiger partial charge in [0.2, 0.25) is 0 Å². The van der Waals surface area contributed by atoms with E-state index >= 15 is 0 Å². The normalized spacial score (nSPS) is 13.9. The summed E-state index contributed by atoms with van der Waals surface area (Å²) in [5.41, 5.74) is 18.8. The minimum Gasteiger partial charge on any atom is -0.456 e. The highest BCUT2D eigenvalue weighted by atomic mass is 16.3. The van der Waals surface area contributed by atoms with Crippen LogP contribution in [0.3, 0.4) is 0 Å². The topological polar surface area (TPSA) is 16.4 Å². The molecule has 1 aromatic heterocycles. The lowest BCUT2D eigenvalue weighted by molar-refractivity contribution is 0.648. The lowest BCUT2D eigenvalue weighted by Crippen LogP contribution is -2.28. The molecule has 2 aliphatic rings. The van der Waals surface area contributed by atoms with Gasteiger partial charge >= 0.3 is 0 Å². The van der Waals surface area contributed by atoms with Gasteiger partial charge in [0.1, 0.15) is 11.2 Å². The Balaban J connectivity index is 1.06. The maximum atomic E-state index is 7.31. The van der Waals surface area contributed by atoms with Crippen LogP contribution in [0.5, 0.6) is 0 Å². The second-order valence-electron chi connectivity index (χ2n) is 17.1. The molecule has 0 radical (unpaired) electrons. The van der Waals surface area contributed by atoms with Gasteiger partial charge in [0.15, 0.2) is 0 Å². The quantitative estimate of drug-likeness (QED) is 0.159. The van der Waals surface area contributed by atoms with Crippen molar-refractivity contribution in [2.24, 2.45) is 0 Å². The van der Waals surface area contributed by atoms with Crippen LogP contribution < -0.4 is 4.90 Å². The van der Waals surface area contributed by atoms with E-state index in [0.717, 1.165) is 44.6 Å². The molecule has 0 saturated carbocycles. The summed E-state index contributed by atoms with van der Waals surface area (Å²) in [4.78, 5) is 2.42. The lowest BCUT2D eigenvalue weighted by atomic mass is 9.67. The monoisotopic (exact) mass is 815 g/mol. The summed E-state index contributed by atoms with van der Waals surface area (Å²) in [7, 11) is 0. The number of nitrogens with zero attached hydrogens (tertiary/aromatic N) is 1. The molecule has 11 aromatic rings. The third-order valence-electron chi connectivity index (χ3n) is 14.0. The van der Waals surface area contributed by atoms with E-state index in [-0.39, 0.29) is 0 Å². The minimum absolute atomic E-state index is 0.516. The van der Waals surface area contributed by atoms with Crippen LogP contribution in [0.2, 0.25) is 0 Å². The molecule has 64 heavy (non-hydrogen) atoms. The van der Waals surface area contributed by atoms with Gasteiger partial charge in [-0.2, -0.15) is 0 Å². The maximum absolute atomic E-state index is 7.31. The van der Waals surface area contributed by atoms with E-state index in [1.807, 2.05) is 0 Å². The third kappa shape index (κ3) is 4.97. The predicted molar refractivity (Wildman–Crippen MR) is 263 cm³/mol. The standard InChI is InChI=1S/C62H41NO/c1-5-21-42(22-6-1)61(43-23-7-2-8-24-43)54-35-18-15-31-51(54)59-55(61)36-20-38-57(59)63(45-27-11-4-12-28-45)46-39-40-49-50-32-19-37-56(60(50)64-58(49)41-46)62(44-25-9-3-10-26-44)52-33-16-13-29-47(52)48-30-14-17-34-53(48)62/h1-41H. The highest BCUT2D eigenvalue weighted by Crippen LogP contribution is 2.60. The fourth-order valence-electron chi connectivity index (χ4n) is 11.6. The molecule has 0 spiro atoms. The molecule has 300 valence electrons. The van der Waals surface area contributed by atoms with Crippen molar-refractivity contribution in [3.8, 4) is 22.3 Å². The van der Waals surface area contributed by atoms with Gasteiger partial charge in [-0.3, -0.25) is 0 Å². The number of hydrogen-bond donors (Lipinski definition) is 0. The highest BCUT2D eigenvalue weighted by Gasteiger charge is 2.49. The van der Waals surface area contributed by atoms with Crippen molar-refractivity contribution in [3.63, 3.8) is 0 Å². The van der Waals surface area contributed by atoms with Crippen LogP contribution in [-0.4, -0.2) is 0 Å². The first-order valence-corrected chi connectivity index (χ1v) is 22.2. The number of rotatable bonds is 7. The van der Waals surface area contributed by atoms with Gasteiger partial charge in [0.05, 0.1) is 16.5 Å². The molecule has 0 N–H and O–H groups in total. The van der Waals surface area contributed by atoms with Crippen LogP contribution in [0.1, 0.15) is 44.5 Å². The van der Waals surface area contributed by atoms with Crippen molar-refractivity contribution in [2.45, 2.75) is 10.8 Å². The fraction of sp³-hybridized carbons (Fsp3) is 0.0323. The Kier molecular flexibility index (Phi) is 8.07. The first-order chi connectivity index (χ1) is 31.8. The second kappa shape index (κ2) is 14.2. The summed E-state index contributed by atoms with van der Waals surface area (Å²) in [6, 6.07) is 91.0. The van der Waals surface area contributed by atoms with E-state index in [1.54, 1.807) is 0 Å². The molecule has 0 amide bonds. The van der Waals surface area contributed by atoms with Gasteiger partial charge in [-0.05, 0) is 86.0 Å². The summed E-state index contributed by atoms with van der Waals surface area (Å²) in [5.74, 6) is 0. The molecule has 0 fully saturated rings. The van der Waals surface area contributed by atoms with Crippen molar-refractivity contribution in [1.29, 1.82) is 0 Å². The molecule has 0 atom stereocenters. The van der Waals surface area contributed by atoms with Crippen LogP contribution in [0.15, 0.2) is 253 Å². The Morgan fingerprint density at radius 3 is 1.39 bits per heavy atom. The first-order valence-electron chi connectivity index (χ1n) is 22.2. The molecule has 1 heterocycles.